The lowest BCUT2D eigenvalue weighted by Crippen LogP contribution is -2.61. The third-order valence-electron chi connectivity index (χ3n) is 7.77. The number of nitrogens with two attached hydrogens (primary N) is 1. The standard InChI is InChI=1S/C34H43N5O3/c1-33(2,35)31(41)36-29(22-25-16-18-28(19-17-25)27-14-9-6-10-15-27)30(40)39-21-11-20-34(24-39,32(42)37-38(3)4)23-26-12-7-5-8-13-26/h5-10,12-19,29H,11,20-24,35H2,1-4H3,(H,36,41)(H,37,42)/t29-,34?/m1/s1. The summed E-state index contributed by atoms with van der Waals surface area (Å²) in [5.74, 6) is -0.733. The van der Waals surface area contributed by atoms with Gasteiger partial charge in [0.05, 0.1) is 11.0 Å². The molecule has 42 heavy (non-hydrogen) atoms. The molecule has 0 aromatic heterocycles. The van der Waals surface area contributed by atoms with Crippen molar-refractivity contribution in [1.82, 2.24) is 20.7 Å². The van der Waals surface area contributed by atoms with E-state index >= 15 is 0 Å². The summed E-state index contributed by atoms with van der Waals surface area (Å²) < 4.78 is 0. The Hall–Kier alpha value is -4.01. The minimum atomic E-state index is -1.15. The Morgan fingerprint density at radius 1 is 0.905 bits per heavy atom. The van der Waals surface area contributed by atoms with Crippen LogP contribution in [0.4, 0.5) is 0 Å². The molecule has 8 heteroatoms. The molecule has 0 saturated carbocycles. The van der Waals surface area contributed by atoms with E-state index in [4.69, 9.17) is 5.73 Å². The van der Waals surface area contributed by atoms with Crippen molar-refractivity contribution in [3.05, 3.63) is 96.1 Å². The van der Waals surface area contributed by atoms with Crippen LogP contribution >= 0.6 is 0 Å². The van der Waals surface area contributed by atoms with Gasteiger partial charge in [0.1, 0.15) is 6.04 Å². The number of carbonyl (C=O) groups excluding carboxylic acids is 3. The molecule has 3 aromatic carbocycles. The number of rotatable bonds is 10. The molecule has 1 aliphatic rings. The summed E-state index contributed by atoms with van der Waals surface area (Å²) in [4.78, 5) is 42.6. The molecule has 0 bridgehead atoms. The monoisotopic (exact) mass is 569 g/mol. The first-order chi connectivity index (χ1) is 20.0. The van der Waals surface area contributed by atoms with Gasteiger partial charge in [0, 0.05) is 33.6 Å². The van der Waals surface area contributed by atoms with Crippen LogP contribution in [-0.2, 0) is 27.2 Å². The molecule has 4 rings (SSSR count). The quantitative estimate of drug-likeness (QED) is 0.324. The van der Waals surface area contributed by atoms with E-state index in [2.05, 4.69) is 22.9 Å². The molecule has 1 unspecified atom stereocenters. The lowest BCUT2D eigenvalue weighted by Gasteiger charge is -2.43. The Bertz CT molecular complexity index is 1350. The number of hydrazine groups is 1. The van der Waals surface area contributed by atoms with Gasteiger partial charge in [-0.2, -0.15) is 0 Å². The molecule has 3 amide bonds. The summed E-state index contributed by atoms with van der Waals surface area (Å²) in [6, 6.07) is 27.2. The maximum absolute atomic E-state index is 14.2. The van der Waals surface area contributed by atoms with Crippen molar-refractivity contribution in [2.45, 2.75) is 51.1 Å². The van der Waals surface area contributed by atoms with Gasteiger partial charge >= 0.3 is 0 Å². The van der Waals surface area contributed by atoms with Gasteiger partial charge in [0.25, 0.3) is 0 Å². The SMILES string of the molecule is CN(C)NC(=O)C1(Cc2ccccc2)CCCN(C(=O)[C@@H](Cc2ccc(-c3ccccc3)cc2)NC(=O)C(C)(C)N)C1. The molecule has 2 atom stereocenters. The van der Waals surface area contributed by atoms with E-state index in [1.165, 1.54) is 0 Å². The highest BCUT2D eigenvalue weighted by molar-refractivity contribution is 5.92. The number of carbonyl (C=O) groups is 3. The molecule has 1 fully saturated rings. The van der Waals surface area contributed by atoms with Crippen LogP contribution in [0.3, 0.4) is 0 Å². The summed E-state index contributed by atoms with van der Waals surface area (Å²) in [6.45, 7) is 4.01. The topological polar surface area (TPSA) is 108 Å². The van der Waals surface area contributed by atoms with Crippen LogP contribution in [0.25, 0.3) is 11.1 Å². The highest BCUT2D eigenvalue weighted by atomic mass is 16.2. The summed E-state index contributed by atoms with van der Waals surface area (Å²) in [6.07, 6.45) is 2.14. The van der Waals surface area contributed by atoms with E-state index in [1.54, 1.807) is 37.9 Å². The Morgan fingerprint density at radius 3 is 2.10 bits per heavy atom. The van der Waals surface area contributed by atoms with Crippen molar-refractivity contribution in [3.8, 4) is 11.1 Å². The van der Waals surface area contributed by atoms with E-state index in [0.29, 0.717) is 32.2 Å². The highest BCUT2D eigenvalue weighted by Gasteiger charge is 2.45. The van der Waals surface area contributed by atoms with Crippen molar-refractivity contribution in [3.63, 3.8) is 0 Å². The first kappa shape index (κ1) is 30.9. The van der Waals surface area contributed by atoms with Gasteiger partial charge in [-0.3, -0.25) is 19.8 Å². The molecule has 1 aliphatic heterocycles. The van der Waals surface area contributed by atoms with E-state index in [1.807, 2.05) is 72.8 Å². The van der Waals surface area contributed by atoms with Crippen molar-refractivity contribution in [1.29, 1.82) is 0 Å². The second-order valence-corrected chi connectivity index (χ2v) is 12.2. The van der Waals surface area contributed by atoms with Gasteiger partial charge in [0.15, 0.2) is 0 Å². The molecule has 4 N–H and O–H groups in total. The molecular formula is C34H43N5O3. The normalized spacial score (nSPS) is 17.9. The van der Waals surface area contributed by atoms with Crippen LogP contribution in [0, 0.1) is 5.41 Å². The Morgan fingerprint density at radius 2 is 1.50 bits per heavy atom. The fourth-order valence-corrected chi connectivity index (χ4v) is 5.50. The third-order valence-corrected chi connectivity index (χ3v) is 7.77. The summed E-state index contributed by atoms with van der Waals surface area (Å²) in [5.41, 5.74) is 11.2. The van der Waals surface area contributed by atoms with E-state index < -0.39 is 22.9 Å². The van der Waals surface area contributed by atoms with Crippen LogP contribution in [0.2, 0.25) is 0 Å². The second-order valence-electron chi connectivity index (χ2n) is 12.2. The van der Waals surface area contributed by atoms with Crippen molar-refractivity contribution >= 4 is 17.7 Å². The molecule has 8 nitrogen and oxygen atoms in total. The predicted molar refractivity (Wildman–Crippen MR) is 166 cm³/mol. The zero-order chi connectivity index (χ0) is 30.3. The van der Waals surface area contributed by atoms with E-state index in [0.717, 1.165) is 22.3 Å². The fraction of sp³-hybridized carbons (Fsp3) is 0.382. The number of amides is 3. The average Bonchev–Trinajstić information content (AvgIpc) is 2.97. The van der Waals surface area contributed by atoms with Crippen molar-refractivity contribution < 1.29 is 14.4 Å². The van der Waals surface area contributed by atoms with Crippen LogP contribution in [0.1, 0.15) is 37.8 Å². The van der Waals surface area contributed by atoms with Gasteiger partial charge in [-0.05, 0) is 55.4 Å². The van der Waals surface area contributed by atoms with Gasteiger partial charge in [-0.25, -0.2) is 5.01 Å². The summed E-state index contributed by atoms with van der Waals surface area (Å²) in [7, 11) is 3.56. The number of likely N-dealkylation sites (tertiary alicyclic amines) is 1. The minimum Gasteiger partial charge on any atom is -0.342 e. The van der Waals surface area contributed by atoms with E-state index in [-0.39, 0.29) is 18.4 Å². The zero-order valence-corrected chi connectivity index (χ0v) is 25.1. The lowest BCUT2D eigenvalue weighted by molar-refractivity contribution is -0.146. The first-order valence-corrected chi connectivity index (χ1v) is 14.5. The number of benzene rings is 3. The van der Waals surface area contributed by atoms with Crippen molar-refractivity contribution in [2.24, 2.45) is 11.1 Å². The number of nitrogens with zero attached hydrogens (tertiary/aromatic N) is 2. The Kier molecular flexibility index (Phi) is 9.81. The average molecular weight is 570 g/mol. The molecule has 3 aromatic rings. The lowest BCUT2D eigenvalue weighted by atomic mass is 9.74. The number of hydrogen-bond donors (Lipinski definition) is 3. The van der Waals surface area contributed by atoms with Gasteiger partial charge in [0.2, 0.25) is 17.7 Å². The molecular weight excluding hydrogens is 526 g/mol. The second kappa shape index (κ2) is 13.3. The molecule has 222 valence electrons. The van der Waals surface area contributed by atoms with E-state index in [9.17, 15) is 14.4 Å². The largest absolute Gasteiger partial charge is 0.342 e. The molecule has 0 radical (unpaired) electrons. The van der Waals surface area contributed by atoms with Crippen LogP contribution in [-0.4, -0.2) is 66.4 Å². The maximum Gasteiger partial charge on any atom is 0.245 e. The number of hydrogen-bond acceptors (Lipinski definition) is 5. The summed E-state index contributed by atoms with van der Waals surface area (Å²) in [5, 5.41) is 4.56. The van der Waals surface area contributed by atoms with Crippen LogP contribution < -0.4 is 16.5 Å². The molecule has 1 saturated heterocycles. The molecule has 0 aliphatic carbocycles. The highest BCUT2D eigenvalue weighted by Crippen LogP contribution is 2.35. The Labute approximate surface area is 249 Å². The van der Waals surface area contributed by atoms with Gasteiger partial charge in [-0.15, -0.1) is 0 Å². The van der Waals surface area contributed by atoms with Gasteiger partial charge < -0.3 is 16.0 Å². The summed E-state index contributed by atoms with van der Waals surface area (Å²) >= 11 is 0. The number of piperidine rings is 1. The van der Waals surface area contributed by atoms with Crippen LogP contribution in [0.15, 0.2) is 84.9 Å². The van der Waals surface area contributed by atoms with Crippen molar-refractivity contribution in [2.75, 3.05) is 27.2 Å². The Balaban J connectivity index is 1.60. The maximum atomic E-state index is 14.2. The molecule has 1 heterocycles. The predicted octanol–water partition coefficient (Wildman–Crippen LogP) is 3.56. The minimum absolute atomic E-state index is 0.117. The van der Waals surface area contributed by atoms with Crippen LogP contribution in [0.5, 0.6) is 0 Å². The van der Waals surface area contributed by atoms with Gasteiger partial charge in [-0.1, -0.05) is 84.9 Å². The zero-order valence-electron chi connectivity index (χ0n) is 25.1. The smallest absolute Gasteiger partial charge is 0.245 e. The fourth-order valence-electron chi connectivity index (χ4n) is 5.50. The number of nitrogens with one attached hydrogen (secondary N) is 2. The molecule has 0 spiro atoms. The third kappa shape index (κ3) is 7.84. The first-order valence-electron chi connectivity index (χ1n) is 14.5.